The summed E-state index contributed by atoms with van der Waals surface area (Å²) in [5, 5.41) is 6.74. The monoisotopic (exact) mass is 936 g/mol. The van der Waals surface area contributed by atoms with Crippen LogP contribution in [0.3, 0.4) is 0 Å². The molecule has 0 unspecified atom stereocenters. The lowest BCUT2D eigenvalue weighted by atomic mass is 10.0. The second kappa shape index (κ2) is 18.8. The van der Waals surface area contributed by atoms with E-state index in [0.29, 0.717) is 0 Å². The van der Waals surface area contributed by atoms with Gasteiger partial charge in [0.1, 0.15) is 11.2 Å². The lowest BCUT2D eigenvalue weighted by molar-refractivity contribution is 0.669. The Kier molecular flexibility index (Phi) is 11.1. The number of anilines is 12. The van der Waals surface area contributed by atoms with Gasteiger partial charge in [-0.15, -0.1) is 0 Å². The van der Waals surface area contributed by atoms with E-state index >= 15 is 0 Å². The predicted molar refractivity (Wildman–Crippen MR) is 307 cm³/mol. The molecular formula is C68H48N4O. The third kappa shape index (κ3) is 8.15. The molecule has 0 saturated carbocycles. The van der Waals surface area contributed by atoms with E-state index in [0.717, 1.165) is 101 Å². The summed E-state index contributed by atoms with van der Waals surface area (Å²) in [5.74, 6) is 0. The molecule has 0 aliphatic heterocycles. The number of para-hydroxylation sites is 4. The molecule has 5 heteroatoms. The first-order valence-electron chi connectivity index (χ1n) is 24.7. The number of hydrogen-bond donors (Lipinski definition) is 0. The van der Waals surface area contributed by atoms with Gasteiger partial charge in [-0.25, -0.2) is 0 Å². The molecule has 1 heterocycles. The van der Waals surface area contributed by atoms with E-state index in [1.807, 2.05) is 0 Å². The number of fused-ring (bicyclic) bond motifs is 5. The molecule has 0 N–H and O–H groups in total. The fraction of sp³-hybridized carbons (Fsp3) is 0. The van der Waals surface area contributed by atoms with Gasteiger partial charge in [-0.3, -0.25) is 0 Å². The highest BCUT2D eigenvalue weighted by Crippen LogP contribution is 2.46. The van der Waals surface area contributed by atoms with E-state index in [9.17, 15) is 0 Å². The minimum Gasteiger partial charge on any atom is -0.456 e. The van der Waals surface area contributed by atoms with Crippen LogP contribution >= 0.6 is 0 Å². The third-order valence-corrected chi connectivity index (χ3v) is 13.8. The van der Waals surface area contributed by atoms with Crippen LogP contribution in [0.25, 0.3) is 43.5 Å². The lowest BCUT2D eigenvalue weighted by Crippen LogP contribution is -2.12. The van der Waals surface area contributed by atoms with Crippen LogP contribution < -0.4 is 19.6 Å². The van der Waals surface area contributed by atoms with E-state index in [2.05, 4.69) is 311 Å². The lowest BCUT2D eigenvalue weighted by Gasteiger charge is -2.29. The van der Waals surface area contributed by atoms with Crippen molar-refractivity contribution in [2.45, 2.75) is 0 Å². The van der Waals surface area contributed by atoms with Gasteiger partial charge in [-0.2, -0.15) is 0 Å². The zero-order valence-electron chi connectivity index (χ0n) is 39.9. The van der Waals surface area contributed by atoms with Gasteiger partial charge in [-0.1, -0.05) is 146 Å². The van der Waals surface area contributed by atoms with Gasteiger partial charge in [0.25, 0.3) is 0 Å². The van der Waals surface area contributed by atoms with Crippen molar-refractivity contribution < 1.29 is 4.42 Å². The SMILES string of the molecule is c1ccc(N(c2ccccc2)c2ccc(N(c3ccc4oc5ccc(N(c6ccc(N(c7ccccc7)c7ccccc7)cc6)c6cccc7ccccc67)cc5c4c3)c3cccc4ccccc34)cc2)cc1. The van der Waals surface area contributed by atoms with Crippen LogP contribution in [0.5, 0.6) is 0 Å². The molecule has 73 heavy (non-hydrogen) atoms. The fourth-order valence-electron chi connectivity index (χ4n) is 10.4. The van der Waals surface area contributed by atoms with Crippen molar-refractivity contribution in [3.63, 3.8) is 0 Å². The Morgan fingerprint density at radius 3 is 0.822 bits per heavy atom. The third-order valence-electron chi connectivity index (χ3n) is 13.8. The molecule has 1 aromatic heterocycles. The van der Waals surface area contributed by atoms with Gasteiger partial charge in [0.15, 0.2) is 0 Å². The van der Waals surface area contributed by atoms with Crippen molar-refractivity contribution in [2.24, 2.45) is 0 Å². The number of benzene rings is 12. The zero-order valence-corrected chi connectivity index (χ0v) is 39.9. The summed E-state index contributed by atoms with van der Waals surface area (Å²) in [4.78, 5) is 9.35. The van der Waals surface area contributed by atoms with E-state index in [1.165, 1.54) is 10.8 Å². The van der Waals surface area contributed by atoms with Crippen LogP contribution in [0, 0.1) is 0 Å². The average Bonchev–Trinajstić information content (AvgIpc) is 3.83. The summed E-state index contributed by atoms with van der Waals surface area (Å²) in [6, 6.07) is 104. The zero-order chi connectivity index (χ0) is 48.5. The molecule has 5 nitrogen and oxygen atoms in total. The van der Waals surface area contributed by atoms with Crippen LogP contribution in [-0.2, 0) is 0 Å². The normalized spacial score (nSPS) is 11.3. The number of rotatable bonds is 12. The van der Waals surface area contributed by atoms with Crippen LogP contribution in [-0.4, -0.2) is 0 Å². The van der Waals surface area contributed by atoms with Crippen molar-refractivity contribution in [1.82, 2.24) is 0 Å². The molecule has 0 saturated heterocycles. The van der Waals surface area contributed by atoms with Crippen molar-refractivity contribution in [3.8, 4) is 0 Å². The topological polar surface area (TPSA) is 26.1 Å². The van der Waals surface area contributed by atoms with Crippen molar-refractivity contribution >= 4 is 112 Å². The summed E-state index contributed by atoms with van der Waals surface area (Å²) in [6.45, 7) is 0. The van der Waals surface area contributed by atoms with Crippen LogP contribution in [0.15, 0.2) is 296 Å². The minimum absolute atomic E-state index is 0.827. The Morgan fingerprint density at radius 1 is 0.192 bits per heavy atom. The Bertz CT molecular complexity index is 3680. The van der Waals surface area contributed by atoms with Crippen molar-refractivity contribution in [1.29, 1.82) is 0 Å². The molecular weight excluding hydrogens is 889 g/mol. The molecule has 0 atom stereocenters. The maximum absolute atomic E-state index is 6.69. The first-order valence-corrected chi connectivity index (χ1v) is 24.7. The highest BCUT2D eigenvalue weighted by atomic mass is 16.3. The molecule has 0 fully saturated rings. The van der Waals surface area contributed by atoms with Crippen LogP contribution in [0.1, 0.15) is 0 Å². The maximum Gasteiger partial charge on any atom is 0.135 e. The molecule has 13 rings (SSSR count). The highest BCUT2D eigenvalue weighted by molar-refractivity contribution is 6.10. The molecule has 346 valence electrons. The van der Waals surface area contributed by atoms with Crippen LogP contribution in [0.4, 0.5) is 68.2 Å². The van der Waals surface area contributed by atoms with Crippen LogP contribution in [0.2, 0.25) is 0 Å². The van der Waals surface area contributed by atoms with E-state index < -0.39 is 0 Å². The van der Waals surface area contributed by atoms with E-state index in [4.69, 9.17) is 4.42 Å². The van der Waals surface area contributed by atoms with Gasteiger partial charge in [0.05, 0.1) is 11.4 Å². The van der Waals surface area contributed by atoms with Gasteiger partial charge in [0, 0.05) is 78.4 Å². The highest BCUT2D eigenvalue weighted by Gasteiger charge is 2.22. The van der Waals surface area contributed by atoms with E-state index in [1.54, 1.807) is 0 Å². The Balaban J connectivity index is 0.947. The molecule has 13 aromatic rings. The Hall–Kier alpha value is -9.84. The summed E-state index contributed by atoms with van der Waals surface area (Å²) in [7, 11) is 0. The number of furan rings is 1. The number of nitrogens with zero attached hydrogens (tertiary/aromatic N) is 4. The average molecular weight is 937 g/mol. The summed E-state index contributed by atoms with van der Waals surface area (Å²) in [6.07, 6.45) is 0. The molecule has 12 aromatic carbocycles. The fourth-order valence-corrected chi connectivity index (χ4v) is 10.4. The standard InChI is InChI=1S/C68H48N4O/c1-5-23-51(24-6-1)69(52-25-7-2-8-26-52)55-35-39-57(40-36-55)71(65-33-17-21-49-19-13-15-31-61(49)65)59-43-45-67-63(47-59)64-48-60(44-46-68(64)73-67)72(66-34-18-22-50-20-14-16-32-62(50)66)58-41-37-56(38-42-58)70(53-27-9-3-10-28-53)54-29-11-4-12-30-54/h1-48H. The van der Waals surface area contributed by atoms with Gasteiger partial charge in [-0.05, 0) is 156 Å². The Labute approximate surface area is 424 Å². The van der Waals surface area contributed by atoms with Gasteiger partial charge in [0.2, 0.25) is 0 Å². The van der Waals surface area contributed by atoms with Crippen molar-refractivity contribution in [3.05, 3.63) is 291 Å². The first kappa shape index (κ1) is 43.2. The van der Waals surface area contributed by atoms with Gasteiger partial charge < -0.3 is 24.0 Å². The smallest absolute Gasteiger partial charge is 0.135 e. The molecule has 0 aliphatic rings. The maximum atomic E-state index is 6.69. The van der Waals surface area contributed by atoms with Crippen molar-refractivity contribution in [2.75, 3.05) is 19.6 Å². The van der Waals surface area contributed by atoms with E-state index in [-0.39, 0.29) is 0 Å². The Morgan fingerprint density at radius 2 is 0.466 bits per heavy atom. The number of hydrogen-bond acceptors (Lipinski definition) is 5. The summed E-state index contributed by atoms with van der Waals surface area (Å²) in [5.41, 5.74) is 14.5. The summed E-state index contributed by atoms with van der Waals surface area (Å²) < 4.78 is 6.69. The predicted octanol–water partition coefficient (Wildman–Crippen LogP) is 19.8. The molecule has 0 bridgehead atoms. The molecule has 0 amide bonds. The molecule has 0 radical (unpaired) electrons. The molecule has 0 aliphatic carbocycles. The molecule has 0 spiro atoms. The van der Waals surface area contributed by atoms with Gasteiger partial charge >= 0.3 is 0 Å². The largest absolute Gasteiger partial charge is 0.456 e. The first-order chi connectivity index (χ1) is 36.2. The second-order valence-corrected chi connectivity index (χ2v) is 18.2. The quantitative estimate of drug-likeness (QED) is 0.122. The second-order valence-electron chi connectivity index (χ2n) is 18.2. The minimum atomic E-state index is 0.827. The summed E-state index contributed by atoms with van der Waals surface area (Å²) >= 11 is 0.